The van der Waals surface area contributed by atoms with Crippen LogP contribution in [0.4, 0.5) is 5.69 Å². The number of carbonyl (C=O) groups is 2. The quantitative estimate of drug-likeness (QED) is 0.825. The summed E-state index contributed by atoms with van der Waals surface area (Å²) < 4.78 is 10.7. The Labute approximate surface area is 153 Å². The summed E-state index contributed by atoms with van der Waals surface area (Å²) in [6, 6.07) is 11.9. The lowest BCUT2D eigenvalue weighted by atomic mass is 10.1. The Morgan fingerprint density at radius 1 is 1.08 bits per heavy atom. The largest absolute Gasteiger partial charge is 0.496 e. The second-order valence-electron chi connectivity index (χ2n) is 5.94. The number of nitrogens with zero attached hydrogens (tertiary/aromatic N) is 1. The fraction of sp³-hybridized carbons (Fsp3) is 0.300. The summed E-state index contributed by atoms with van der Waals surface area (Å²) in [6.45, 7) is 2.67. The Bertz CT molecular complexity index is 770. The summed E-state index contributed by atoms with van der Waals surface area (Å²) in [4.78, 5) is 26.2. The molecule has 0 aliphatic heterocycles. The average molecular weight is 356 g/mol. The molecule has 0 spiro atoms. The van der Waals surface area contributed by atoms with E-state index in [1.807, 2.05) is 6.92 Å². The SMILES string of the molecule is CCCOc1ccc(C(=O)Nc2ccc(OC)c(C(=O)N(C)C)c2)cc1. The molecule has 0 radical (unpaired) electrons. The maximum absolute atomic E-state index is 12.4. The lowest BCUT2D eigenvalue weighted by Gasteiger charge is -2.15. The van der Waals surface area contributed by atoms with Crippen molar-refractivity contribution in [1.29, 1.82) is 0 Å². The third-order valence-corrected chi connectivity index (χ3v) is 3.68. The number of rotatable bonds is 7. The van der Waals surface area contributed by atoms with Crippen LogP contribution in [0.5, 0.6) is 11.5 Å². The van der Waals surface area contributed by atoms with Gasteiger partial charge in [-0.3, -0.25) is 9.59 Å². The lowest BCUT2D eigenvalue weighted by Crippen LogP contribution is -2.22. The molecule has 0 atom stereocenters. The molecule has 2 amide bonds. The molecule has 138 valence electrons. The van der Waals surface area contributed by atoms with Gasteiger partial charge in [-0.1, -0.05) is 6.92 Å². The number of carbonyl (C=O) groups excluding carboxylic acids is 2. The molecule has 1 N–H and O–H groups in total. The van der Waals surface area contributed by atoms with Crippen LogP contribution in [0.2, 0.25) is 0 Å². The molecule has 0 fully saturated rings. The van der Waals surface area contributed by atoms with Crippen molar-refractivity contribution in [2.75, 3.05) is 33.1 Å². The average Bonchev–Trinajstić information content (AvgIpc) is 2.65. The smallest absolute Gasteiger partial charge is 0.257 e. The highest BCUT2D eigenvalue weighted by atomic mass is 16.5. The first-order chi connectivity index (χ1) is 12.5. The van der Waals surface area contributed by atoms with Crippen LogP contribution in [-0.4, -0.2) is 44.5 Å². The van der Waals surface area contributed by atoms with E-state index in [4.69, 9.17) is 9.47 Å². The minimum atomic E-state index is -0.263. The van der Waals surface area contributed by atoms with E-state index in [1.54, 1.807) is 56.6 Å². The Hall–Kier alpha value is -3.02. The number of amides is 2. The summed E-state index contributed by atoms with van der Waals surface area (Å²) in [5.74, 6) is 0.724. The van der Waals surface area contributed by atoms with Crippen LogP contribution in [0.15, 0.2) is 42.5 Å². The Morgan fingerprint density at radius 3 is 2.35 bits per heavy atom. The van der Waals surface area contributed by atoms with Crippen molar-refractivity contribution >= 4 is 17.5 Å². The topological polar surface area (TPSA) is 67.9 Å². The third-order valence-electron chi connectivity index (χ3n) is 3.68. The van der Waals surface area contributed by atoms with Gasteiger partial charge >= 0.3 is 0 Å². The summed E-state index contributed by atoms with van der Waals surface area (Å²) >= 11 is 0. The van der Waals surface area contributed by atoms with Gasteiger partial charge in [0.2, 0.25) is 0 Å². The van der Waals surface area contributed by atoms with Gasteiger partial charge in [0.05, 0.1) is 19.3 Å². The fourth-order valence-corrected chi connectivity index (χ4v) is 2.32. The molecule has 2 aromatic rings. The van der Waals surface area contributed by atoms with E-state index < -0.39 is 0 Å². The Balaban J connectivity index is 2.15. The molecule has 0 aliphatic carbocycles. The van der Waals surface area contributed by atoms with Crippen LogP contribution in [0, 0.1) is 0 Å². The molecular weight excluding hydrogens is 332 g/mol. The summed E-state index contributed by atoms with van der Waals surface area (Å²) in [7, 11) is 4.83. The van der Waals surface area contributed by atoms with E-state index in [1.165, 1.54) is 12.0 Å². The number of hydrogen-bond donors (Lipinski definition) is 1. The Kier molecular flexibility index (Phi) is 6.60. The predicted molar refractivity (Wildman–Crippen MR) is 101 cm³/mol. The molecule has 0 bridgehead atoms. The van der Waals surface area contributed by atoms with Crippen molar-refractivity contribution in [3.8, 4) is 11.5 Å². The summed E-state index contributed by atoms with van der Waals surface area (Å²) in [6.07, 6.45) is 0.924. The van der Waals surface area contributed by atoms with E-state index in [0.717, 1.165) is 12.2 Å². The first-order valence-electron chi connectivity index (χ1n) is 8.40. The molecule has 26 heavy (non-hydrogen) atoms. The molecule has 0 saturated carbocycles. The van der Waals surface area contributed by atoms with Crippen molar-refractivity contribution in [3.05, 3.63) is 53.6 Å². The zero-order chi connectivity index (χ0) is 19.1. The van der Waals surface area contributed by atoms with Gasteiger partial charge in [-0.2, -0.15) is 0 Å². The van der Waals surface area contributed by atoms with E-state index in [2.05, 4.69) is 5.32 Å². The van der Waals surface area contributed by atoms with E-state index in [-0.39, 0.29) is 11.8 Å². The van der Waals surface area contributed by atoms with Gasteiger partial charge in [0.25, 0.3) is 11.8 Å². The van der Waals surface area contributed by atoms with Gasteiger partial charge in [0.1, 0.15) is 11.5 Å². The second-order valence-corrected chi connectivity index (χ2v) is 5.94. The molecule has 0 aromatic heterocycles. The molecule has 6 heteroatoms. The minimum Gasteiger partial charge on any atom is -0.496 e. The van der Waals surface area contributed by atoms with Crippen molar-refractivity contribution in [2.24, 2.45) is 0 Å². The van der Waals surface area contributed by atoms with Crippen molar-refractivity contribution in [2.45, 2.75) is 13.3 Å². The highest BCUT2D eigenvalue weighted by molar-refractivity contribution is 6.05. The Morgan fingerprint density at radius 2 is 1.77 bits per heavy atom. The van der Waals surface area contributed by atoms with Gasteiger partial charge in [-0.25, -0.2) is 0 Å². The molecule has 6 nitrogen and oxygen atoms in total. The fourth-order valence-electron chi connectivity index (χ4n) is 2.32. The van der Waals surface area contributed by atoms with E-state index >= 15 is 0 Å². The van der Waals surface area contributed by atoms with Gasteiger partial charge in [0.15, 0.2) is 0 Å². The first kappa shape index (κ1) is 19.3. The summed E-state index contributed by atoms with van der Waals surface area (Å²) in [5.41, 5.74) is 1.41. The zero-order valence-corrected chi connectivity index (χ0v) is 15.5. The number of anilines is 1. The molecular formula is C20H24N2O4. The van der Waals surface area contributed by atoms with Crippen LogP contribution in [0.1, 0.15) is 34.1 Å². The monoisotopic (exact) mass is 356 g/mol. The summed E-state index contributed by atoms with van der Waals surface area (Å²) in [5, 5.41) is 2.80. The molecule has 0 unspecified atom stereocenters. The van der Waals surface area contributed by atoms with Crippen LogP contribution in [0.3, 0.4) is 0 Å². The number of methoxy groups -OCH3 is 1. The lowest BCUT2D eigenvalue weighted by molar-refractivity contribution is 0.0824. The van der Waals surface area contributed by atoms with Gasteiger partial charge in [-0.05, 0) is 48.9 Å². The van der Waals surface area contributed by atoms with Crippen molar-refractivity contribution in [1.82, 2.24) is 4.90 Å². The molecule has 2 rings (SSSR count). The van der Waals surface area contributed by atoms with Crippen LogP contribution in [-0.2, 0) is 0 Å². The maximum Gasteiger partial charge on any atom is 0.257 e. The molecule has 0 heterocycles. The first-order valence-corrected chi connectivity index (χ1v) is 8.40. The van der Waals surface area contributed by atoms with Crippen LogP contribution < -0.4 is 14.8 Å². The van der Waals surface area contributed by atoms with Gasteiger partial charge < -0.3 is 19.7 Å². The normalized spacial score (nSPS) is 10.2. The van der Waals surface area contributed by atoms with E-state index in [0.29, 0.717) is 29.2 Å². The number of nitrogens with one attached hydrogen (secondary N) is 1. The van der Waals surface area contributed by atoms with E-state index in [9.17, 15) is 9.59 Å². The van der Waals surface area contributed by atoms with Gasteiger partial charge in [-0.15, -0.1) is 0 Å². The standard InChI is InChI=1S/C20H24N2O4/c1-5-12-26-16-9-6-14(7-10-16)19(23)21-15-8-11-18(25-4)17(13-15)20(24)22(2)3/h6-11,13H,5,12H2,1-4H3,(H,21,23). The molecule has 0 saturated heterocycles. The second kappa shape index (κ2) is 8.89. The minimum absolute atomic E-state index is 0.199. The zero-order valence-electron chi connectivity index (χ0n) is 15.5. The highest BCUT2D eigenvalue weighted by Gasteiger charge is 2.16. The predicted octanol–water partition coefficient (Wildman–Crippen LogP) is 3.44. The van der Waals surface area contributed by atoms with Crippen molar-refractivity contribution < 1.29 is 19.1 Å². The highest BCUT2D eigenvalue weighted by Crippen LogP contribution is 2.24. The van der Waals surface area contributed by atoms with Crippen LogP contribution >= 0.6 is 0 Å². The maximum atomic E-state index is 12.4. The van der Waals surface area contributed by atoms with Gasteiger partial charge in [0, 0.05) is 25.3 Å². The van der Waals surface area contributed by atoms with Crippen LogP contribution in [0.25, 0.3) is 0 Å². The number of hydrogen-bond acceptors (Lipinski definition) is 4. The number of ether oxygens (including phenoxy) is 2. The molecule has 0 aliphatic rings. The molecule has 2 aromatic carbocycles. The van der Waals surface area contributed by atoms with Crippen molar-refractivity contribution in [3.63, 3.8) is 0 Å². The number of benzene rings is 2. The third kappa shape index (κ3) is 4.75.